The van der Waals surface area contributed by atoms with Crippen molar-refractivity contribution in [2.75, 3.05) is 10.6 Å². The number of carbonyl (C=O) groups excluding carboxylic acids is 1. The van der Waals surface area contributed by atoms with Crippen LogP contribution < -0.4 is 15.0 Å². The number of carbonyl (C=O) groups is 1. The summed E-state index contributed by atoms with van der Waals surface area (Å²) in [5.74, 6) is -0.497. The van der Waals surface area contributed by atoms with Gasteiger partial charge in [0.15, 0.2) is 0 Å². The number of urea groups is 1. The van der Waals surface area contributed by atoms with Gasteiger partial charge in [-0.05, 0) is 0 Å². The molecule has 0 saturated carbocycles. The SMILES string of the molecule is O=[As]c1ccc(NC(=O)Nc2ccccc2F)cc1. The molecule has 6 heteroatoms. The van der Waals surface area contributed by atoms with Gasteiger partial charge >= 0.3 is 115 Å². The van der Waals surface area contributed by atoms with Crippen LogP contribution in [0.25, 0.3) is 0 Å². The van der Waals surface area contributed by atoms with E-state index >= 15 is 0 Å². The summed E-state index contributed by atoms with van der Waals surface area (Å²) in [6.45, 7) is 0. The third-order valence-corrected chi connectivity index (χ3v) is 3.42. The molecule has 0 aliphatic carbocycles. The predicted octanol–water partition coefficient (Wildman–Crippen LogP) is 2.14. The Hall–Kier alpha value is -2.00. The Morgan fingerprint density at radius 2 is 1.68 bits per heavy atom. The summed E-state index contributed by atoms with van der Waals surface area (Å²) in [6, 6.07) is 12.0. The van der Waals surface area contributed by atoms with Crippen LogP contribution in [0.5, 0.6) is 0 Å². The second-order valence-corrected chi connectivity index (χ2v) is 5.16. The molecule has 0 heterocycles. The Morgan fingerprint density at radius 1 is 1.00 bits per heavy atom. The van der Waals surface area contributed by atoms with Gasteiger partial charge in [0, 0.05) is 0 Å². The van der Waals surface area contributed by atoms with E-state index in [0.29, 0.717) is 5.69 Å². The Bertz CT molecular complexity index is 602. The quantitative estimate of drug-likeness (QED) is 0.852. The fourth-order valence-electron chi connectivity index (χ4n) is 1.45. The zero-order valence-corrected chi connectivity index (χ0v) is 11.6. The molecule has 19 heavy (non-hydrogen) atoms. The summed E-state index contributed by atoms with van der Waals surface area (Å²) < 4.78 is 24.7. The van der Waals surface area contributed by atoms with Crippen molar-refractivity contribution >= 4 is 37.4 Å². The van der Waals surface area contributed by atoms with Gasteiger partial charge in [0.2, 0.25) is 0 Å². The van der Waals surface area contributed by atoms with Crippen molar-refractivity contribution in [1.82, 2.24) is 0 Å². The molecule has 0 aliphatic rings. The minimum absolute atomic E-state index is 0.112. The van der Waals surface area contributed by atoms with E-state index in [0.717, 1.165) is 4.35 Å². The molecule has 0 aliphatic heterocycles. The number of hydrogen-bond acceptors (Lipinski definition) is 2. The molecule has 0 fully saturated rings. The summed E-state index contributed by atoms with van der Waals surface area (Å²) in [5.41, 5.74) is 0.661. The van der Waals surface area contributed by atoms with Gasteiger partial charge in [0.25, 0.3) is 0 Å². The monoisotopic (exact) mass is 320 g/mol. The first-order valence-corrected chi connectivity index (χ1v) is 7.15. The van der Waals surface area contributed by atoms with Crippen LogP contribution in [0, 0.1) is 5.82 Å². The molecule has 2 rings (SSSR count). The van der Waals surface area contributed by atoms with Crippen LogP contribution in [0.4, 0.5) is 20.6 Å². The molecule has 0 atom stereocenters. The van der Waals surface area contributed by atoms with E-state index in [4.69, 9.17) is 0 Å². The van der Waals surface area contributed by atoms with Crippen molar-refractivity contribution in [3.8, 4) is 0 Å². The van der Waals surface area contributed by atoms with Crippen molar-refractivity contribution in [3.05, 3.63) is 54.3 Å². The summed E-state index contributed by atoms with van der Waals surface area (Å²) in [6.07, 6.45) is 0. The van der Waals surface area contributed by atoms with Crippen LogP contribution >= 0.6 is 0 Å². The van der Waals surface area contributed by atoms with E-state index in [1.165, 1.54) is 12.1 Å². The normalized spacial score (nSPS) is 10.2. The van der Waals surface area contributed by atoms with Crippen LogP contribution in [0.2, 0.25) is 0 Å². The average Bonchev–Trinajstić information content (AvgIpc) is 2.42. The molecule has 0 radical (unpaired) electrons. The molecule has 0 saturated heterocycles. The summed E-state index contributed by atoms with van der Waals surface area (Å²) in [5, 5.41) is 4.97. The predicted molar refractivity (Wildman–Crippen MR) is 71.6 cm³/mol. The van der Waals surface area contributed by atoms with E-state index < -0.39 is 27.5 Å². The number of hydrogen-bond donors (Lipinski definition) is 2. The summed E-state index contributed by atoms with van der Waals surface area (Å²) in [4.78, 5) is 11.6. The Labute approximate surface area is 115 Å². The fraction of sp³-hybridized carbons (Fsp3) is 0. The van der Waals surface area contributed by atoms with E-state index in [2.05, 4.69) is 10.6 Å². The molecule has 2 amide bonds. The number of rotatable bonds is 3. The molecular weight excluding hydrogens is 310 g/mol. The number of benzene rings is 2. The van der Waals surface area contributed by atoms with E-state index in [1.807, 2.05) is 0 Å². The maximum absolute atomic E-state index is 13.3. The van der Waals surface area contributed by atoms with Crippen LogP contribution in [-0.4, -0.2) is 21.7 Å². The van der Waals surface area contributed by atoms with E-state index in [1.54, 1.807) is 36.4 Å². The third kappa shape index (κ3) is 3.73. The average molecular weight is 320 g/mol. The van der Waals surface area contributed by atoms with Crippen molar-refractivity contribution in [1.29, 1.82) is 0 Å². The van der Waals surface area contributed by atoms with Crippen molar-refractivity contribution in [3.63, 3.8) is 0 Å². The van der Waals surface area contributed by atoms with Gasteiger partial charge in [-0.15, -0.1) is 0 Å². The second-order valence-electron chi connectivity index (χ2n) is 3.70. The summed E-state index contributed by atoms with van der Waals surface area (Å²) in [7, 11) is 0. The molecule has 0 bridgehead atoms. The van der Waals surface area contributed by atoms with Gasteiger partial charge in [-0.25, -0.2) is 0 Å². The number of amides is 2. The Morgan fingerprint density at radius 3 is 2.32 bits per heavy atom. The molecule has 96 valence electrons. The van der Waals surface area contributed by atoms with Crippen LogP contribution in [0.1, 0.15) is 0 Å². The number of para-hydroxylation sites is 1. The van der Waals surface area contributed by atoms with Gasteiger partial charge in [0.05, 0.1) is 0 Å². The van der Waals surface area contributed by atoms with Gasteiger partial charge in [-0.1, -0.05) is 0 Å². The topological polar surface area (TPSA) is 58.2 Å². The fourth-order valence-corrected chi connectivity index (χ4v) is 2.02. The molecule has 0 spiro atoms. The van der Waals surface area contributed by atoms with Gasteiger partial charge in [-0.2, -0.15) is 0 Å². The summed E-state index contributed by atoms with van der Waals surface area (Å²) >= 11 is -1.07. The first-order valence-electron chi connectivity index (χ1n) is 5.45. The zero-order valence-electron chi connectivity index (χ0n) is 9.76. The molecule has 0 aromatic heterocycles. The molecular formula is C13H10AsFN2O2. The van der Waals surface area contributed by atoms with Crippen LogP contribution in [0.15, 0.2) is 48.5 Å². The van der Waals surface area contributed by atoms with E-state index in [-0.39, 0.29) is 5.69 Å². The molecule has 4 nitrogen and oxygen atoms in total. The molecule has 2 N–H and O–H groups in total. The zero-order chi connectivity index (χ0) is 13.7. The van der Waals surface area contributed by atoms with Crippen molar-refractivity contribution in [2.45, 2.75) is 0 Å². The molecule has 2 aromatic rings. The van der Waals surface area contributed by atoms with Gasteiger partial charge < -0.3 is 0 Å². The van der Waals surface area contributed by atoms with Crippen molar-refractivity contribution < 1.29 is 12.9 Å². The van der Waals surface area contributed by atoms with Crippen LogP contribution in [-0.2, 0) is 3.74 Å². The number of anilines is 2. The first-order chi connectivity index (χ1) is 9.19. The molecule has 2 aromatic carbocycles. The van der Waals surface area contributed by atoms with E-state index in [9.17, 15) is 12.9 Å². The Kier molecular flexibility index (Phi) is 4.42. The number of nitrogens with one attached hydrogen (secondary N) is 2. The second kappa shape index (κ2) is 6.25. The third-order valence-electron chi connectivity index (χ3n) is 2.35. The number of halogens is 1. The van der Waals surface area contributed by atoms with Gasteiger partial charge in [-0.3, -0.25) is 0 Å². The van der Waals surface area contributed by atoms with Crippen LogP contribution in [0.3, 0.4) is 0 Å². The Balaban J connectivity index is 2.01. The van der Waals surface area contributed by atoms with Gasteiger partial charge in [0.1, 0.15) is 0 Å². The van der Waals surface area contributed by atoms with Crippen molar-refractivity contribution in [2.24, 2.45) is 0 Å². The minimum atomic E-state index is -1.07. The first kappa shape index (κ1) is 13.4. The standard InChI is InChI=1S/C13H10AsFN2O2/c15-11-3-1-2-4-12(11)17-13(18)16-10-7-5-9(14-19)6-8-10/h1-8H,(H2,16,17,18). The molecule has 0 unspecified atom stereocenters. The maximum atomic E-state index is 13.3.